The predicted octanol–water partition coefficient (Wildman–Crippen LogP) is 1.61. The van der Waals surface area contributed by atoms with E-state index in [0.29, 0.717) is 0 Å². The van der Waals surface area contributed by atoms with E-state index in [2.05, 4.69) is 13.7 Å². The second-order valence-corrected chi connectivity index (χ2v) is 2.94. The van der Waals surface area contributed by atoms with E-state index in [-0.39, 0.29) is 0 Å². The van der Waals surface area contributed by atoms with Crippen LogP contribution in [0.1, 0.15) is 5.01 Å². The number of aryl methyl sites for hydroxylation is 1. The third-order valence-corrected chi connectivity index (χ3v) is 2.24. The molecule has 0 amide bonds. The molecule has 1 aromatic heterocycles. The summed E-state index contributed by atoms with van der Waals surface area (Å²) in [5.74, 6) is 0. The van der Waals surface area contributed by atoms with Gasteiger partial charge in [-0.05, 0) is 6.92 Å². The zero-order valence-electron chi connectivity index (χ0n) is 4.18. The van der Waals surface area contributed by atoms with Gasteiger partial charge in [0.25, 0.3) is 0 Å². The lowest BCUT2D eigenvalue weighted by molar-refractivity contribution is 1.06. The molecule has 3 nitrogen and oxygen atoms in total. The van der Waals surface area contributed by atoms with Crippen LogP contribution in [-0.2, 0) is 0 Å². The van der Waals surface area contributed by atoms with E-state index in [1.807, 2.05) is 29.8 Å². The van der Waals surface area contributed by atoms with Crippen molar-refractivity contribution in [2.45, 2.75) is 6.92 Å². The first-order valence-electron chi connectivity index (χ1n) is 1.99. The highest BCUT2D eigenvalue weighted by atomic mass is 127. The van der Waals surface area contributed by atoms with Gasteiger partial charge < -0.3 is 3.53 Å². The number of nitrogens with one attached hydrogen (secondary N) is 1. The fourth-order valence-corrected chi connectivity index (χ4v) is 1.25. The molecule has 5 heteroatoms. The average molecular weight is 241 g/mol. The molecule has 0 radical (unpaired) electrons. The van der Waals surface area contributed by atoms with Crippen molar-refractivity contribution >= 4 is 39.3 Å². The summed E-state index contributed by atoms with van der Waals surface area (Å²) in [5.41, 5.74) is 0. The van der Waals surface area contributed by atoms with Crippen LogP contribution in [-0.4, -0.2) is 10.2 Å². The number of aromatic nitrogens is 2. The Labute approximate surface area is 65.0 Å². The summed E-state index contributed by atoms with van der Waals surface area (Å²) >= 11 is 3.57. The molecule has 0 aliphatic heterocycles. The highest BCUT2D eigenvalue weighted by Gasteiger charge is 1.93. The van der Waals surface area contributed by atoms with Gasteiger partial charge in [0.2, 0.25) is 5.13 Å². The molecule has 1 aromatic rings. The normalized spacial score (nSPS) is 9.25. The van der Waals surface area contributed by atoms with Crippen molar-refractivity contribution in [3.05, 3.63) is 5.01 Å². The summed E-state index contributed by atoms with van der Waals surface area (Å²) in [4.78, 5) is 0. The van der Waals surface area contributed by atoms with Crippen molar-refractivity contribution in [1.82, 2.24) is 10.2 Å². The van der Waals surface area contributed by atoms with Gasteiger partial charge in [-0.25, -0.2) is 0 Å². The first kappa shape index (κ1) is 6.21. The van der Waals surface area contributed by atoms with Gasteiger partial charge in [-0.15, -0.1) is 10.2 Å². The lowest BCUT2D eigenvalue weighted by Gasteiger charge is -1.79. The van der Waals surface area contributed by atoms with E-state index in [1.165, 1.54) is 0 Å². The van der Waals surface area contributed by atoms with Crippen LogP contribution in [0.15, 0.2) is 0 Å². The summed E-state index contributed by atoms with van der Waals surface area (Å²) in [5, 5.41) is 9.43. The fraction of sp³-hybridized carbons (Fsp3) is 0.333. The van der Waals surface area contributed by atoms with Crippen LogP contribution >= 0.6 is 34.2 Å². The van der Waals surface area contributed by atoms with Crippen LogP contribution in [0.5, 0.6) is 0 Å². The Hall–Kier alpha value is 0.0900. The van der Waals surface area contributed by atoms with Gasteiger partial charge in [-0.1, -0.05) is 11.3 Å². The fourth-order valence-electron chi connectivity index (χ4n) is 0.335. The van der Waals surface area contributed by atoms with Crippen LogP contribution in [0.25, 0.3) is 0 Å². The number of nitrogens with zero attached hydrogens (tertiary/aromatic N) is 2. The first-order chi connectivity index (χ1) is 3.83. The molecule has 1 N–H and O–H groups in total. The van der Waals surface area contributed by atoms with Crippen LogP contribution in [0, 0.1) is 6.92 Å². The molecule has 1 rings (SSSR count). The maximum Gasteiger partial charge on any atom is 0.214 e. The first-order valence-corrected chi connectivity index (χ1v) is 3.89. The maximum absolute atomic E-state index is 3.79. The predicted molar refractivity (Wildman–Crippen MR) is 42.3 cm³/mol. The third kappa shape index (κ3) is 1.28. The van der Waals surface area contributed by atoms with Crippen LogP contribution in [0.4, 0.5) is 5.13 Å². The summed E-state index contributed by atoms with van der Waals surface area (Å²) in [7, 11) is 0. The zero-order chi connectivity index (χ0) is 5.98. The smallest absolute Gasteiger partial charge is 0.214 e. The van der Waals surface area contributed by atoms with Gasteiger partial charge in [0, 0.05) is 0 Å². The molecule has 1 heterocycles. The third-order valence-electron chi connectivity index (χ3n) is 0.607. The second kappa shape index (κ2) is 2.58. The van der Waals surface area contributed by atoms with E-state index in [1.54, 1.807) is 11.3 Å². The molecule has 0 unspecified atom stereocenters. The number of anilines is 1. The van der Waals surface area contributed by atoms with Gasteiger partial charge in [0.15, 0.2) is 0 Å². The maximum atomic E-state index is 3.79. The SMILES string of the molecule is Cc1nnc(NI)s1. The van der Waals surface area contributed by atoms with Crippen LogP contribution in [0.3, 0.4) is 0 Å². The van der Waals surface area contributed by atoms with Crippen molar-refractivity contribution in [3.63, 3.8) is 0 Å². The molecule has 0 atom stereocenters. The van der Waals surface area contributed by atoms with Crippen molar-refractivity contribution in [3.8, 4) is 0 Å². The highest BCUT2D eigenvalue weighted by Crippen LogP contribution is 2.14. The quantitative estimate of drug-likeness (QED) is 0.599. The van der Waals surface area contributed by atoms with E-state index in [4.69, 9.17) is 0 Å². The van der Waals surface area contributed by atoms with Gasteiger partial charge in [-0.3, -0.25) is 0 Å². The summed E-state index contributed by atoms with van der Waals surface area (Å²) in [6.07, 6.45) is 0. The summed E-state index contributed by atoms with van der Waals surface area (Å²) in [6.45, 7) is 1.93. The highest BCUT2D eigenvalue weighted by molar-refractivity contribution is 14.1. The molecular formula is C3H4IN3S. The average Bonchev–Trinajstić information content (AvgIpc) is 2.14. The largest absolute Gasteiger partial charge is 0.303 e. The molecule has 0 aromatic carbocycles. The number of halogens is 1. The minimum absolute atomic E-state index is 0.864. The van der Waals surface area contributed by atoms with Crippen molar-refractivity contribution in [2.24, 2.45) is 0 Å². The molecule has 0 spiro atoms. The Kier molecular flexibility index (Phi) is 2.01. The topological polar surface area (TPSA) is 37.8 Å². The van der Waals surface area contributed by atoms with Gasteiger partial charge >= 0.3 is 0 Å². The van der Waals surface area contributed by atoms with Crippen LogP contribution in [0.2, 0.25) is 0 Å². The second-order valence-electron chi connectivity index (χ2n) is 1.22. The molecule has 0 saturated carbocycles. The minimum Gasteiger partial charge on any atom is -0.303 e. The minimum atomic E-state index is 0.864. The Morgan fingerprint density at radius 3 is 2.62 bits per heavy atom. The van der Waals surface area contributed by atoms with Crippen LogP contribution < -0.4 is 3.53 Å². The van der Waals surface area contributed by atoms with E-state index >= 15 is 0 Å². The molecule has 44 valence electrons. The molecular weight excluding hydrogens is 237 g/mol. The van der Waals surface area contributed by atoms with E-state index in [9.17, 15) is 0 Å². The van der Waals surface area contributed by atoms with E-state index < -0.39 is 0 Å². The molecule has 0 saturated heterocycles. The lowest BCUT2D eigenvalue weighted by atomic mass is 10.9. The van der Waals surface area contributed by atoms with E-state index in [0.717, 1.165) is 10.1 Å². The van der Waals surface area contributed by atoms with Gasteiger partial charge in [0.1, 0.15) is 5.01 Å². The Bertz CT molecular complexity index is 175. The number of rotatable bonds is 1. The van der Waals surface area contributed by atoms with Crippen molar-refractivity contribution in [2.75, 3.05) is 3.53 Å². The number of hydrogen-bond donors (Lipinski definition) is 1. The van der Waals surface area contributed by atoms with Gasteiger partial charge in [-0.2, -0.15) is 0 Å². The van der Waals surface area contributed by atoms with Gasteiger partial charge in [0.05, 0.1) is 22.9 Å². The van der Waals surface area contributed by atoms with Crippen molar-refractivity contribution in [1.29, 1.82) is 0 Å². The molecule has 0 aliphatic rings. The Morgan fingerprint density at radius 2 is 2.38 bits per heavy atom. The Morgan fingerprint density at radius 1 is 1.62 bits per heavy atom. The molecule has 0 fully saturated rings. The molecule has 0 bridgehead atoms. The lowest BCUT2D eigenvalue weighted by Crippen LogP contribution is -1.74. The standard InChI is InChI=1S/C3H4IN3S/c1-2-6-7-3(5-4)8-2/h1H3,(H,5,7). The van der Waals surface area contributed by atoms with Crippen molar-refractivity contribution < 1.29 is 0 Å². The Balaban J connectivity index is 2.84. The monoisotopic (exact) mass is 241 g/mol. The summed E-state index contributed by atoms with van der Waals surface area (Å²) < 4.78 is 2.86. The zero-order valence-corrected chi connectivity index (χ0v) is 7.15. The molecule has 8 heavy (non-hydrogen) atoms. The molecule has 0 aliphatic carbocycles. The number of hydrogen-bond acceptors (Lipinski definition) is 4. The summed E-state index contributed by atoms with van der Waals surface area (Å²) in [6, 6.07) is 0.